The van der Waals surface area contributed by atoms with Gasteiger partial charge in [-0.3, -0.25) is 0 Å². The Labute approximate surface area is 284 Å². The van der Waals surface area contributed by atoms with E-state index in [1.165, 1.54) is 0 Å². The number of thiophene rings is 1. The molecule has 0 saturated heterocycles. The molecule has 0 spiro atoms. The van der Waals surface area contributed by atoms with Crippen LogP contribution in [0.5, 0.6) is 5.75 Å². The number of rotatable bonds is 8. The van der Waals surface area contributed by atoms with Crippen LogP contribution in [0.4, 0.5) is 33.4 Å². The minimum atomic E-state index is 0.256. The number of phenolic OH excluding ortho intramolecular Hbond substituents is 1. The Morgan fingerprint density at radius 2 is 0.875 bits per heavy atom. The second kappa shape index (κ2) is 13.0. The van der Waals surface area contributed by atoms with Gasteiger partial charge in [-0.2, -0.15) is 0 Å². The zero-order chi connectivity index (χ0) is 32.3. The monoisotopic (exact) mass is 636 g/mol. The summed E-state index contributed by atoms with van der Waals surface area (Å²) in [6.07, 6.45) is 0. The van der Waals surface area contributed by atoms with Crippen LogP contribution in [-0.2, 0) is 0 Å². The van der Waals surface area contributed by atoms with Crippen LogP contribution >= 0.6 is 11.3 Å². The van der Waals surface area contributed by atoms with Crippen molar-refractivity contribution in [3.63, 3.8) is 0 Å². The van der Waals surface area contributed by atoms with E-state index < -0.39 is 0 Å². The fourth-order valence-corrected chi connectivity index (χ4v) is 7.41. The van der Waals surface area contributed by atoms with E-state index in [0.29, 0.717) is 0 Å². The van der Waals surface area contributed by atoms with Crippen LogP contribution in [0.15, 0.2) is 188 Å². The third-order valence-electron chi connectivity index (χ3n) is 8.58. The topological polar surface area (TPSA) is 26.7 Å². The average Bonchev–Trinajstić information content (AvgIpc) is 3.64. The van der Waals surface area contributed by atoms with E-state index in [9.17, 15) is 5.11 Å². The molecule has 8 rings (SSSR count). The zero-order valence-electron chi connectivity index (χ0n) is 26.1. The lowest BCUT2D eigenvalue weighted by Crippen LogP contribution is -2.10. The molecule has 0 aliphatic carbocycles. The van der Waals surface area contributed by atoms with Crippen molar-refractivity contribution in [1.82, 2.24) is 0 Å². The SMILES string of the molecule is Oc1cc(-c2ccc(N(c3ccccc3)c3ccccc3)s2)ccc1-c1ccc(N(c2ccccc2)c2ccccc2)c2ccccc12. The van der Waals surface area contributed by atoms with Gasteiger partial charge < -0.3 is 14.9 Å². The van der Waals surface area contributed by atoms with Crippen LogP contribution in [-0.4, -0.2) is 5.11 Å². The van der Waals surface area contributed by atoms with Gasteiger partial charge >= 0.3 is 0 Å². The molecule has 0 aliphatic heterocycles. The largest absolute Gasteiger partial charge is 0.507 e. The van der Waals surface area contributed by atoms with Crippen molar-refractivity contribution in [3.8, 4) is 27.3 Å². The number of fused-ring (bicyclic) bond motifs is 1. The normalized spacial score (nSPS) is 11.0. The Hall–Kier alpha value is -6.10. The van der Waals surface area contributed by atoms with Crippen molar-refractivity contribution in [2.24, 2.45) is 0 Å². The minimum Gasteiger partial charge on any atom is -0.507 e. The summed E-state index contributed by atoms with van der Waals surface area (Å²) < 4.78 is 0. The third-order valence-corrected chi connectivity index (χ3v) is 9.70. The number of hydrogen-bond donors (Lipinski definition) is 1. The fourth-order valence-electron chi connectivity index (χ4n) is 6.37. The van der Waals surface area contributed by atoms with Gasteiger partial charge in [0.05, 0.1) is 5.69 Å². The van der Waals surface area contributed by atoms with Crippen LogP contribution in [0, 0.1) is 0 Å². The lowest BCUT2D eigenvalue weighted by molar-refractivity contribution is 0.477. The van der Waals surface area contributed by atoms with Gasteiger partial charge in [-0.05, 0) is 95.4 Å². The lowest BCUT2D eigenvalue weighted by Gasteiger charge is -2.27. The maximum atomic E-state index is 11.6. The van der Waals surface area contributed by atoms with Gasteiger partial charge in [-0.15, -0.1) is 11.3 Å². The molecule has 0 radical (unpaired) electrons. The van der Waals surface area contributed by atoms with Gasteiger partial charge in [-0.25, -0.2) is 0 Å². The van der Waals surface area contributed by atoms with Crippen molar-refractivity contribution in [2.45, 2.75) is 0 Å². The Morgan fingerprint density at radius 3 is 1.42 bits per heavy atom. The molecule has 1 aromatic heterocycles. The first kappa shape index (κ1) is 29.3. The van der Waals surface area contributed by atoms with Gasteiger partial charge in [0.15, 0.2) is 0 Å². The molecule has 8 aromatic rings. The first-order valence-corrected chi connectivity index (χ1v) is 16.8. The fraction of sp³-hybridized carbons (Fsp3) is 0. The number of hydrogen-bond acceptors (Lipinski definition) is 4. The number of benzene rings is 7. The standard InChI is InChI=1S/C44H32N2OS/c47-42-31-32(43-29-30-44(48-43)46(35-19-9-3-10-20-35)36-21-11-4-12-22-36)25-26-40(42)38-27-28-41(39-24-14-13-23-37(38)39)45(33-15-5-1-6-16-33)34-17-7-2-8-18-34/h1-31,47H. The maximum absolute atomic E-state index is 11.6. The number of phenols is 1. The Morgan fingerprint density at radius 1 is 0.396 bits per heavy atom. The van der Waals surface area contributed by atoms with E-state index in [0.717, 1.165) is 65.8 Å². The van der Waals surface area contributed by atoms with E-state index in [-0.39, 0.29) is 5.75 Å². The average molecular weight is 637 g/mol. The van der Waals surface area contributed by atoms with E-state index in [1.807, 2.05) is 36.4 Å². The highest BCUT2D eigenvalue weighted by Crippen LogP contribution is 2.46. The predicted molar refractivity (Wildman–Crippen MR) is 204 cm³/mol. The number of anilines is 6. The molecule has 3 nitrogen and oxygen atoms in total. The summed E-state index contributed by atoms with van der Waals surface area (Å²) >= 11 is 1.71. The first-order chi connectivity index (χ1) is 23.7. The molecule has 230 valence electrons. The molecule has 0 saturated carbocycles. The van der Waals surface area contributed by atoms with Crippen molar-refractivity contribution >= 4 is 55.5 Å². The molecule has 0 fully saturated rings. The predicted octanol–water partition coefficient (Wildman–Crippen LogP) is 12.9. The molecular weight excluding hydrogens is 605 g/mol. The summed E-state index contributed by atoms with van der Waals surface area (Å²) in [7, 11) is 0. The van der Waals surface area contributed by atoms with E-state index in [4.69, 9.17) is 0 Å². The van der Waals surface area contributed by atoms with Crippen LogP contribution in [0.3, 0.4) is 0 Å². The van der Waals surface area contributed by atoms with Crippen LogP contribution in [0.25, 0.3) is 32.3 Å². The van der Waals surface area contributed by atoms with E-state index in [1.54, 1.807) is 11.3 Å². The molecule has 0 bridgehead atoms. The Kier molecular flexibility index (Phi) is 7.91. The molecule has 1 heterocycles. The molecule has 0 aliphatic rings. The van der Waals surface area contributed by atoms with E-state index in [2.05, 4.69) is 161 Å². The minimum absolute atomic E-state index is 0.256. The quantitative estimate of drug-likeness (QED) is 0.180. The van der Waals surface area contributed by atoms with Crippen molar-refractivity contribution in [1.29, 1.82) is 0 Å². The third kappa shape index (κ3) is 5.59. The van der Waals surface area contributed by atoms with Gasteiger partial charge in [0.1, 0.15) is 10.8 Å². The number of nitrogens with zero attached hydrogens (tertiary/aromatic N) is 2. The second-order valence-electron chi connectivity index (χ2n) is 11.6. The second-order valence-corrected chi connectivity index (χ2v) is 12.6. The molecule has 1 N–H and O–H groups in total. The Bertz CT molecular complexity index is 2220. The van der Waals surface area contributed by atoms with Gasteiger partial charge in [0.2, 0.25) is 0 Å². The highest BCUT2D eigenvalue weighted by atomic mass is 32.1. The molecule has 0 unspecified atom stereocenters. The highest BCUT2D eigenvalue weighted by Gasteiger charge is 2.19. The smallest absolute Gasteiger partial charge is 0.124 e. The van der Waals surface area contributed by atoms with Gasteiger partial charge in [0.25, 0.3) is 0 Å². The van der Waals surface area contributed by atoms with Crippen molar-refractivity contribution in [2.75, 3.05) is 9.80 Å². The summed E-state index contributed by atoms with van der Waals surface area (Å²) in [5, 5.41) is 14.8. The highest BCUT2D eigenvalue weighted by molar-refractivity contribution is 7.19. The zero-order valence-corrected chi connectivity index (χ0v) is 27.0. The van der Waals surface area contributed by atoms with E-state index >= 15 is 0 Å². The summed E-state index contributed by atoms with van der Waals surface area (Å²) in [5.74, 6) is 0.256. The van der Waals surface area contributed by atoms with Gasteiger partial charge in [-0.1, -0.05) is 109 Å². The summed E-state index contributed by atoms with van der Waals surface area (Å²) in [6.45, 7) is 0. The van der Waals surface area contributed by atoms with Gasteiger partial charge in [0, 0.05) is 38.6 Å². The summed E-state index contributed by atoms with van der Waals surface area (Å²) in [6, 6.07) is 64.8. The molecule has 4 heteroatoms. The summed E-state index contributed by atoms with van der Waals surface area (Å²) in [4.78, 5) is 5.65. The van der Waals surface area contributed by atoms with Crippen molar-refractivity contribution < 1.29 is 5.11 Å². The van der Waals surface area contributed by atoms with Crippen molar-refractivity contribution in [3.05, 3.63) is 188 Å². The van der Waals surface area contributed by atoms with Crippen LogP contribution in [0.1, 0.15) is 0 Å². The Balaban J connectivity index is 1.18. The maximum Gasteiger partial charge on any atom is 0.124 e. The number of para-hydroxylation sites is 4. The first-order valence-electron chi connectivity index (χ1n) is 16.0. The van der Waals surface area contributed by atoms with Crippen LogP contribution < -0.4 is 9.80 Å². The summed E-state index contributed by atoms with van der Waals surface area (Å²) in [5.41, 5.74) is 8.23. The molecule has 0 atom stereocenters. The molecule has 7 aromatic carbocycles. The number of aromatic hydroxyl groups is 1. The van der Waals surface area contributed by atoms with Crippen LogP contribution in [0.2, 0.25) is 0 Å². The lowest BCUT2D eigenvalue weighted by atomic mass is 9.95. The molecular formula is C44H32N2OS. The molecule has 0 amide bonds. The molecule has 48 heavy (non-hydrogen) atoms.